The first-order valence-corrected chi connectivity index (χ1v) is 8.55. The molecule has 0 radical (unpaired) electrons. The van der Waals surface area contributed by atoms with E-state index in [0.717, 1.165) is 38.3 Å². The van der Waals surface area contributed by atoms with E-state index in [2.05, 4.69) is 42.2 Å². The highest BCUT2D eigenvalue weighted by molar-refractivity contribution is 5.75. The van der Waals surface area contributed by atoms with Gasteiger partial charge in [0, 0.05) is 31.6 Å². The number of fused-ring (bicyclic) bond motifs is 1. The molecule has 0 fully saturated rings. The van der Waals surface area contributed by atoms with Crippen molar-refractivity contribution in [3.8, 4) is 11.1 Å². The second kappa shape index (κ2) is 7.24. The molecule has 1 unspecified atom stereocenters. The first kappa shape index (κ1) is 16.8. The highest BCUT2D eigenvalue weighted by Crippen LogP contribution is 2.35. The van der Waals surface area contributed by atoms with E-state index in [9.17, 15) is 0 Å². The van der Waals surface area contributed by atoms with Gasteiger partial charge < -0.3 is 21.1 Å². The van der Waals surface area contributed by atoms with Gasteiger partial charge in [0.15, 0.2) is 0 Å². The molecule has 0 amide bonds. The summed E-state index contributed by atoms with van der Waals surface area (Å²) in [5.74, 6) is 0.509. The lowest BCUT2D eigenvalue weighted by Crippen LogP contribution is -2.40. The fourth-order valence-corrected chi connectivity index (χ4v) is 3.51. The van der Waals surface area contributed by atoms with Crippen LogP contribution in [0.1, 0.15) is 11.1 Å². The highest BCUT2D eigenvalue weighted by atomic mass is 16.5. The topological polar surface area (TPSA) is 64.5 Å². The second-order valence-corrected chi connectivity index (χ2v) is 6.66. The first-order chi connectivity index (χ1) is 11.6. The zero-order valence-corrected chi connectivity index (χ0v) is 14.6. The van der Waals surface area contributed by atoms with Crippen molar-refractivity contribution in [2.24, 2.45) is 11.7 Å². The third kappa shape index (κ3) is 3.40. The maximum Gasteiger partial charge on any atom is 0.0637 e. The lowest BCUT2D eigenvalue weighted by Gasteiger charge is -2.36. The van der Waals surface area contributed by atoms with Gasteiger partial charge in [-0.1, -0.05) is 18.2 Å². The molecule has 1 atom stereocenters. The van der Waals surface area contributed by atoms with Gasteiger partial charge in [0.1, 0.15) is 0 Å². The molecule has 24 heavy (non-hydrogen) atoms. The van der Waals surface area contributed by atoms with E-state index in [0.29, 0.717) is 5.92 Å². The Labute approximate surface area is 144 Å². The van der Waals surface area contributed by atoms with Crippen LogP contribution < -0.4 is 16.4 Å². The molecule has 0 saturated carbocycles. The van der Waals surface area contributed by atoms with Gasteiger partial charge in [0.25, 0.3) is 0 Å². The van der Waals surface area contributed by atoms with Gasteiger partial charge in [0.2, 0.25) is 0 Å². The fraction of sp³-hybridized carbons (Fsp3) is 0.400. The number of nitrogens with zero attached hydrogens (tertiary/aromatic N) is 1. The molecule has 1 aliphatic heterocycles. The number of ether oxygens (including phenoxy) is 1. The Morgan fingerprint density at radius 2 is 2.04 bits per heavy atom. The maximum absolute atomic E-state index is 5.99. The molecule has 2 aromatic rings. The lowest BCUT2D eigenvalue weighted by atomic mass is 9.89. The van der Waals surface area contributed by atoms with E-state index in [-0.39, 0.29) is 0 Å². The van der Waals surface area contributed by atoms with Crippen molar-refractivity contribution in [2.75, 3.05) is 44.0 Å². The molecule has 4 heteroatoms. The van der Waals surface area contributed by atoms with Crippen molar-refractivity contribution in [2.45, 2.75) is 13.3 Å². The summed E-state index contributed by atoms with van der Waals surface area (Å²) >= 11 is 0. The monoisotopic (exact) mass is 325 g/mol. The van der Waals surface area contributed by atoms with Crippen molar-refractivity contribution >= 4 is 11.4 Å². The smallest absolute Gasteiger partial charge is 0.0637 e. The van der Waals surface area contributed by atoms with Crippen LogP contribution in [0.2, 0.25) is 0 Å². The number of nitrogens with two attached hydrogens (primary N) is 2. The van der Waals surface area contributed by atoms with Crippen molar-refractivity contribution in [1.29, 1.82) is 0 Å². The molecule has 4 nitrogen and oxygen atoms in total. The van der Waals surface area contributed by atoms with Crippen molar-refractivity contribution in [1.82, 2.24) is 0 Å². The Morgan fingerprint density at radius 3 is 2.79 bits per heavy atom. The largest absolute Gasteiger partial charge is 0.399 e. The third-order valence-corrected chi connectivity index (χ3v) is 4.88. The van der Waals surface area contributed by atoms with E-state index in [4.69, 9.17) is 16.2 Å². The third-order valence-electron chi connectivity index (χ3n) is 4.88. The van der Waals surface area contributed by atoms with Crippen LogP contribution in [0, 0.1) is 12.8 Å². The summed E-state index contributed by atoms with van der Waals surface area (Å²) in [7, 11) is 1.75. The molecule has 2 aromatic carbocycles. The molecule has 0 aromatic heterocycles. The Kier molecular flexibility index (Phi) is 5.07. The SMILES string of the molecule is COCCN1CC(CN)Cc2ccc(-c3cc(N)ccc3C)cc21. The van der Waals surface area contributed by atoms with Gasteiger partial charge in [0.05, 0.1) is 6.61 Å². The normalized spacial score (nSPS) is 17.0. The Bertz CT molecular complexity index is 714. The molecule has 0 bridgehead atoms. The number of hydrogen-bond acceptors (Lipinski definition) is 4. The summed E-state index contributed by atoms with van der Waals surface area (Å²) in [6.07, 6.45) is 1.05. The van der Waals surface area contributed by atoms with Crippen LogP contribution in [0.4, 0.5) is 11.4 Å². The molecular weight excluding hydrogens is 298 g/mol. The predicted molar refractivity (Wildman–Crippen MR) is 101 cm³/mol. The minimum Gasteiger partial charge on any atom is -0.399 e. The number of anilines is 2. The average Bonchev–Trinajstić information content (AvgIpc) is 2.61. The van der Waals surface area contributed by atoms with Gasteiger partial charge in [-0.15, -0.1) is 0 Å². The molecule has 0 spiro atoms. The van der Waals surface area contributed by atoms with Gasteiger partial charge in [-0.3, -0.25) is 0 Å². The summed E-state index contributed by atoms with van der Waals surface area (Å²) in [5.41, 5.74) is 19.1. The van der Waals surface area contributed by atoms with Crippen LogP contribution in [0.15, 0.2) is 36.4 Å². The van der Waals surface area contributed by atoms with Crippen molar-refractivity contribution in [3.05, 3.63) is 47.5 Å². The molecule has 1 aliphatic rings. The van der Waals surface area contributed by atoms with Crippen LogP contribution >= 0.6 is 0 Å². The summed E-state index contributed by atoms with van der Waals surface area (Å²) < 4.78 is 5.29. The summed E-state index contributed by atoms with van der Waals surface area (Å²) in [6, 6.07) is 12.8. The van der Waals surface area contributed by atoms with Gasteiger partial charge in [-0.2, -0.15) is 0 Å². The number of aryl methyl sites for hydroxylation is 1. The lowest BCUT2D eigenvalue weighted by molar-refractivity contribution is 0.203. The molecule has 0 saturated heterocycles. The maximum atomic E-state index is 5.99. The number of rotatable bonds is 5. The number of nitrogen functional groups attached to an aromatic ring is 1. The van der Waals surface area contributed by atoms with E-state index < -0.39 is 0 Å². The van der Waals surface area contributed by atoms with E-state index in [1.165, 1.54) is 27.9 Å². The van der Waals surface area contributed by atoms with E-state index in [1.54, 1.807) is 7.11 Å². The quantitative estimate of drug-likeness (QED) is 0.830. The summed E-state index contributed by atoms with van der Waals surface area (Å²) in [6.45, 7) is 5.45. The zero-order chi connectivity index (χ0) is 17.1. The van der Waals surface area contributed by atoms with Crippen LogP contribution in [0.25, 0.3) is 11.1 Å². The van der Waals surface area contributed by atoms with Crippen LogP contribution in [-0.4, -0.2) is 33.4 Å². The van der Waals surface area contributed by atoms with Crippen LogP contribution in [0.5, 0.6) is 0 Å². The number of benzene rings is 2. The Hall–Kier alpha value is -2.04. The standard InChI is InChI=1S/C20H27N3O/c1-14-3-6-18(22)11-19(14)16-4-5-17-9-15(12-21)13-23(7-8-24-2)20(17)10-16/h3-6,10-11,15H,7-9,12-13,21-22H2,1-2H3. The van der Waals surface area contributed by atoms with E-state index >= 15 is 0 Å². The zero-order valence-electron chi connectivity index (χ0n) is 14.6. The van der Waals surface area contributed by atoms with Crippen molar-refractivity contribution < 1.29 is 4.74 Å². The van der Waals surface area contributed by atoms with Crippen LogP contribution in [0.3, 0.4) is 0 Å². The molecule has 3 rings (SSSR count). The fourth-order valence-electron chi connectivity index (χ4n) is 3.51. The number of methoxy groups -OCH3 is 1. The van der Waals surface area contributed by atoms with Crippen LogP contribution in [-0.2, 0) is 11.2 Å². The average molecular weight is 325 g/mol. The molecule has 4 N–H and O–H groups in total. The van der Waals surface area contributed by atoms with E-state index in [1.807, 2.05) is 6.07 Å². The Balaban J connectivity index is 2.00. The summed E-state index contributed by atoms with van der Waals surface area (Å²) in [4.78, 5) is 2.41. The minimum atomic E-state index is 0.509. The molecule has 128 valence electrons. The molecule has 0 aliphatic carbocycles. The Morgan fingerprint density at radius 1 is 1.21 bits per heavy atom. The molecular formula is C20H27N3O. The second-order valence-electron chi connectivity index (χ2n) is 6.66. The van der Waals surface area contributed by atoms with Crippen molar-refractivity contribution in [3.63, 3.8) is 0 Å². The number of hydrogen-bond donors (Lipinski definition) is 2. The molecule has 1 heterocycles. The summed E-state index contributed by atoms with van der Waals surface area (Å²) in [5, 5.41) is 0. The van der Waals surface area contributed by atoms with Gasteiger partial charge in [-0.25, -0.2) is 0 Å². The highest BCUT2D eigenvalue weighted by Gasteiger charge is 2.24. The minimum absolute atomic E-state index is 0.509. The van der Waals surface area contributed by atoms with Gasteiger partial charge in [-0.05, 0) is 66.3 Å². The van der Waals surface area contributed by atoms with Gasteiger partial charge >= 0.3 is 0 Å². The first-order valence-electron chi connectivity index (χ1n) is 8.55. The predicted octanol–water partition coefficient (Wildman–Crippen LogP) is 2.83.